The van der Waals surface area contributed by atoms with E-state index in [1.165, 1.54) is 12.1 Å². The third-order valence-electron chi connectivity index (χ3n) is 1.67. The average molecular weight is 262 g/mol. The maximum Gasteiger partial charge on any atom is 0.399 e. The van der Waals surface area contributed by atoms with Gasteiger partial charge in [-0.2, -0.15) is 8.42 Å². The first-order valence-corrected chi connectivity index (χ1v) is 6.24. The Morgan fingerprint density at radius 2 is 1.94 bits per heavy atom. The van der Waals surface area contributed by atoms with Crippen LogP contribution >= 0.6 is 0 Å². The van der Waals surface area contributed by atoms with Gasteiger partial charge in [0.25, 0.3) is 0 Å². The number of nitrogens with zero attached hydrogens (tertiary/aromatic N) is 1. The van der Waals surface area contributed by atoms with Gasteiger partial charge in [-0.25, -0.2) is 0 Å². The lowest BCUT2D eigenvalue weighted by Gasteiger charge is -2.14. The molecule has 0 saturated heterocycles. The zero-order valence-corrected chi connectivity index (χ0v) is 10.3. The second kappa shape index (κ2) is 5.94. The molecule has 0 heterocycles. The van der Waals surface area contributed by atoms with Gasteiger partial charge in [-0.15, -0.1) is 0 Å². The summed E-state index contributed by atoms with van der Waals surface area (Å²) >= 11 is 0. The minimum Gasteiger partial charge on any atom is -0.370 e. The molecule has 17 heavy (non-hydrogen) atoms. The van der Waals surface area contributed by atoms with Crippen LogP contribution in [-0.2, 0) is 15.1 Å². The Morgan fingerprint density at radius 1 is 1.35 bits per heavy atom. The zero-order chi connectivity index (χ0) is 12.9. The van der Waals surface area contributed by atoms with Crippen LogP contribution in [-0.4, -0.2) is 25.6 Å². The first kappa shape index (κ1) is 13.9. The molecular formula is C9H14N2O5S. The summed E-state index contributed by atoms with van der Waals surface area (Å²) in [5, 5.41) is 8.92. The fraction of sp³-hybridized carbons (Fsp3) is 0.333. The fourth-order valence-corrected chi connectivity index (χ4v) is 1.63. The molecule has 0 aliphatic carbocycles. The van der Waals surface area contributed by atoms with Gasteiger partial charge in [0.05, 0.1) is 6.61 Å². The van der Waals surface area contributed by atoms with E-state index in [9.17, 15) is 8.42 Å². The van der Waals surface area contributed by atoms with Gasteiger partial charge in [0, 0.05) is 5.34 Å². The van der Waals surface area contributed by atoms with Gasteiger partial charge in [-0.05, 0) is 26.0 Å². The van der Waals surface area contributed by atoms with Crippen LogP contribution in [0.3, 0.4) is 0 Å². The largest absolute Gasteiger partial charge is 0.399 e. The Hall–Kier alpha value is -1.19. The van der Waals surface area contributed by atoms with Crippen LogP contribution in [0.1, 0.15) is 12.5 Å². The summed E-state index contributed by atoms with van der Waals surface area (Å²) in [6, 6.07) is 6.39. The molecule has 0 amide bonds. The monoisotopic (exact) mass is 262 g/mol. The maximum absolute atomic E-state index is 11.4. The van der Waals surface area contributed by atoms with Gasteiger partial charge in [-0.3, -0.25) is 10.0 Å². The van der Waals surface area contributed by atoms with Gasteiger partial charge in [0.2, 0.25) is 0 Å². The maximum atomic E-state index is 11.4. The Morgan fingerprint density at radius 3 is 2.47 bits per heavy atom. The smallest absolute Gasteiger partial charge is 0.370 e. The third-order valence-corrected chi connectivity index (χ3v) is 2.46. The standard InChI is InChI=1S/C9H14N2O5S/c1-3-15-11(12)10-17(13,14)16-9-6-4-8(2)5-7-9/h4-7,10,12H,3H2,1-2H3. The van der Waals surface area contributed by atoms with Crippen LogP contribution < -0.4 is 9.01 Å². The Balaban J connectivity index is 2.63. The predicted molar refractivity (Wildman–Crippen MR) is 59.1 cm³/mol. The summed E-state index contributed by atoms with van der Waals surface area (Å²) in [4.78, 5) is 6.09. The molecule has 1 rings (SSSR count). The van der Waals surface area contributed by atoms with E-state index < -0.39 is 10.3 Å². The van der Waals surface area contributed by atoms with Crippen molar-refractivity contribution in [2.24, 2.45) is 0 Å². The van der Waals surface area contributed by atoms with Gasteiger partial charge >= 0.3 is 10.3 Å². The van der Waals surface area contributed by atoms with Crippen molar-refractivity contribution in [2.75, 3.05) is 6.61 Å². The number of benzene rings is 1. The molecule has 0 radical (unpaired) electrons. The molecule has 7 nitrogen and oxygen atoms in total. The van der Waals surface area contributed by atoms with Crippen molar-refractivity contribution in [1.82, 2.24) is 10.2 Å². The Bertz CT molecular complexity index is 445. The molecule has 8 heteroatoms. The molecule has 0 aliphatic rings. The molecule has 0 unspecified atom stereocenters. The minimum atomic E-state index is -4.17. The molecule has 0 saturated carbocycles. The highest BCUT2D eigenvalue weighted by Crippen LogP contribution is 2.13. The first-order chi connectivity index (χ1) is 7.93. The van der Waals surface area contributed by atoms with E-state index in [-0.39, 0.29) is 17.7 Å². The van der Waals surface area contributed by atoms with Crippen molar-refractivity contribution < 1.29 is 22.6 Å². The first-order valence-electron chi connectivity index (χ1n) is 4.83. The van der Waals surface area contributed by atoms with Crippen LogP contribution in [0.15, 0.2) is 24.3 Å². The summed E-state index contributed by atoms with van der Waals surface area (Å²) in [6.45, 7) is 3.54. The lowest BCUT2D eigenvalue weighted by Crippen LogP contribution is -2.41. The highest BCUT2D eigenvalue weighted by molar-refractivity contribution is 7.85. The van der Waals surface area contributed by atoms with E-state index in [2.05, 4.69) is 9.02 Å². The summed E-state index contributed by atoms with van der Waals surface area (Å²) in [6.07, 6.45) is 0. The molecule has 0 aromatic heterocycles. The van der Waals surface area contributed by atoms with E-state index in [0.717, 1.165) is 5.56 Å². The van der Waals surface area contributed by atoms with Crippen LogP contribution in [0, 0.1) is 6.92 Å². The summed E-state index contributed by atoms with van der Waals surface area (Å²) in [5.41, 5.74) is 0.973. The van der Waals surface area contributed by atoms with E-state index >= 15 is 0 Å². The van der Waals surface area contributed by atoms with Crippen LogP contribution in [0.5, 0.6) is 5.75 Å². The van der Waals surface area contributed by atoms with Crippen LogP contribution in [0.4, 0.5) is 0 Å². The Labute approximate surface area is 99.7 Å². The fourth-order valence-electron chi connectivity index (χ4n) is 0.983. The molecule has 0 aliphatic heterocycles. The number of hydrogen-bond donors (Lipinski definition) is 2. The number of hydrogen-bond acceptors (Lipinski definition) is 6. The molecule has 0 atom stereocenters. The predicted octanol–water partition coefficient (Wildman–Crippen LogP) is 0.766. The van der Waals surface area contributed by atoms with Gasteiger partial charge < -0.3 is 4.18 Å². The quantitative estimate of drug-likeness (QED) is 0.736. The summed E-state index contributed by atoms with van der Waals surface area (Å²) in [5.74, 6) is 0.132. The van der Waals surface area contributed by atoms with E-state index in [1.54, 1.807) is 23.9 Å². The second-order valence-electron chi connectivity index (χ2n) is 3.13. The molecule has 1 aromatic carbocycles. The third kappa shape index (κ3) is 5.11. The minimum absolute atomic E-state index is 0.0243. The number of aryl methyl sites for hydroxylation is 1. The molecule has 0 bridgehead atoms. The molecule has 0 spiro atoms. The topological polar surface area (TPSA) is 88.1 Å². The van der Waals surface area contributed by atoms with Crippen molar-refractivity contribution in [1.29, 1.82) is 0 Å². The van der Waals surface area contributed by atoms with Crippen molar-refractivity contribution in [3.63, 3.8) is 0 Å². The van der Waals surface area contributed by atoms with Crippen molar-refractivity contribution in [3.8, 4) is 5.75 Å². The highest BCUT2D eigenvalue weighted by Gasteiger charge is 2.16. The summed E-state index contributed by atoms with van der Waals surface area (Å²) < 4.78 is 27.4. The number of rotatable bonds is 6. The second-order valence-corrected chi connectivity index (χ2v) is 4.39. The van der Waals surface area contributed by atoms with E-state index in [4.69, 9.17) is 5.21 Å². The molecule has 1 aromatic rings. The van der Waals surface area contributed by atoms with Crippen LogP contribution in [0.25, 0.3) is 0 Å². The lowest BCUT2D eigenvalue weighted by molar-refractivity contribution is -0.356. The molecule has 0 fully saturated rings. The van der Waals surface area contributed by atoms with Gasteiger partial charge in [0.1, 0.15) is 5.75 Å². The van der Waals surface area contributed by atoms with E-state index in [0.29, 0.717) is 0 Å². The van der Waals surface area contributed by atoms with Crippen molar-refractivity contribution in [2.45, 2.75) is 13.8 Å². The lowest BCUT2D eigenvalue weighted by atomic mass is 10.2. The van der Waals surface area contributed by atoms with Crippen LogP contribution in [0.2, 0.25) is 0 Å². The SMILES string of the molecule is CCON(O)NS(=O)(=O)Oc1ccc(C)cc1. The molecular weight excluding hydrogens is 248 g/mol. The number of nitrogens with one attached hydrogen (secondary N) is 1. The van der Waals surface area contributed by atoms with E-state index in [1.807, 2.05) is 6.92 Å². The average Bonchev–Trinajstić information content (AvgIpc) is 2.20. The Kier molecular flexibility index (Phi) is 4.85. The summed E-state index contributed by atoms with van der Waals surface area (Å²) in [7, 11) is -4.17. The van der Waals surface area contributed by atoms with Crippen molar-refractivity contribution >= 4 is 10.3 Å². The highest BCUT2D eigenvalue weighted by atomic mass is 32.2. The zero-order valence-electron chi connectivity index (χ0n) is 9.45. The van der Waals surface area contributed by atoms with Gasteiger partial charge in [-0.1, -0.05) is 22.5 Å². The van der Waals surface area contributed by atoms with Gasteiger partial charge in [0.15, 0.2) is 0 Å². The molecule has 2 N–H and O–H groups in total. The van der Waals surface area contributed by atoms with Crippen molar-refractivity contribution in [3.05, 3.63) is 29.8 Å². The number of hydrazine groups is 1. The molecule has 96 valence electrons. The normalized spacial score (nSPS) is 11.8.